The lowest BCUT2D eigenvalue weighted by atomic mass is 10.1. The molecule has 1 unspecified atom stereocenters. The first kappa shape index (κ1) is 27.8. The van der Waals surface area contributed by atoms with Crippen LogP contribution in [0.25, 0.3) is 0 Å². The molecule has 0 aliphatic carbocycles. The fraction of sp³-hybridized carbons (Fsp3) is 0.429. The Morgan fingerprint density at radius 3 is 2.69 bits per heavy atom. The third-order valence-corrected chi connectivity index (χ3v) is 5.53. The number of rotatable bonds is 12. The van der Waals surface area contributed by atoms with Gasteiger partial charge in [-0.15, -0.1) is 18.3 Å². The van der Waals surface area contributed by atoms with Gasteiger partial charge in [0, 0.05) is 32.1 Å². The summed E-state index contributed by atoms with van der Waals surface area (Å²) in [6.45, 7) is 13.6. The Hall–Kier alpha value is -3.48. The molecule has 2 saturated heterocycles. The number of nitrogens with one attached hydrogen (secondary N) is 1. The second-order valence-electron chi connectivity index (χ2n) is 8.37. The lowest BCUT2D eigenvalue weighted by molar-refractivity contribution is -0.129. The number of amidine groups is 1. The zero-order valence-corrected chi connectivity index (χ0v) is 21.4. The minimum atomic E-state index is -0.0438. The molecule has 0 aromatic carbocycles. The van der Waals surface area contributed by atoms with Gasteiger partial charge in [-0.1, -0.05) is 30.4 Å². The molecule has 7 heteroatoms. The van der Waals surface area contributed by atoms with Crippen molar-refractivity contribution in [3.8, 4) is 0 Å². The SMILES string of the molecule is C=CC/C(=C\C=C\NC(C)\C=C/C(=C\C)/C=C1\CC(=O)N(CC=C)C(=NN2CCCCC2)O1)OC. The van der Waals surface area contributed by atoms with Crippen LogP contribution in [0.2, 0.25) is 0 Å². The molecular weight excluding hydrogens is 440 g/mol. The van der Waals surface area contributed by atoms with Crippen LogP contribution in [-0.2, 0) is 14.3 Å². The molecule has 0 aromatic heterocycles. The third kappa shape index (κ3) is 9.73. The Morgan fingerprint density at radius 2 is 2.03 bits per heavy atom. The molecule has 7 nitrogen and oxygen atoms in total. The third-order valence-electron chi connectivity index (χ3n) is 5.53. The van der Waals surface area contributed by atoms with Gasteiger partial charge in [0.15, 0.2) is 0 Å². The maximum Gasteiger partial charge on any atom is 0.321 e. The van der Waals surface area contributed by atoms with E-state index < -0.39 is 0 Å². The summed E-state index contributed by atoms with van der Waals surface area (Å²) in [5.74, 6) is 1.39. The summed E-state index contributed by atoms with van der Waals surface area (Å²) in [5.41, 5.74) is 0.951. The van der Waals surface area contributed by atoms with Crippen LogP contribution in [0.5, 0.6) is 0 Å². The molecule has 0 aromatic rings. The zero-order valence-electron chi connectivity index (χ0n) is 21.4. The molecular formula is C28H40N4O3. The highest BCUT2D eigenvalue weighted by atomic mass is 16.5. The van der Waals surface area contributed by atoms with Crippen LogP contribution in [0, 0.1) is 0 Å². The number of piperidine rings is 1. The first-order chi connectivity index (χ1) is 17.0. The van der Waals surface area contributed by atoms with Gasteiger partial charge in [0.05, 0.1) is 19.3 Å². The molecule has 2 rings (SSSR count). The van der Waals surface area contributed by atoms with Gasteiger partial charge < -0.3 is 14.8 Å². The molecule has 2 fully saturated rings. The average Bonchev–Trinajstić information content (AvgIpc) is 2.86. The van der Waals surface area contributed by atoms with Gasteiger partial charge in [-0.3, -0.25) is 14.7 Å². The van der Waals surface area contributed by atoms with E-state index in [0.717, 1.165) is 37.3 Å². The number of methoxy groups -OCH3 is 1. The van der Waals surface area contributed by atoms with E-state index in [-0.39, 0.29) is 18.4 Å². The van der Waals surface area contributed by atoms with Gasteiger partial charge in [-0.25, -0.2) is 0 Å². The standard InChI is InChI=1S/C28H40N4O3/c1-6-13-25(34-5)14-12-17-29-23(4)15-16-24(8-3)21-26-22-27(33)32(18-7-2)28(35-26)30-31-19-10-9-11-20-31/h6-8,12,14-17,21,23,29H,1-2,9-11,13,18-20,22H2,3-5H3/b16-15-,17-12+,24-8+,25-14+,26-21+,30-28?. The van der Waals surface area contributed by atoms with Crippen LogP contribution < -0.4 is 5.32 Å². The van der Waals surface area contributed by atoms with Crippen LogP contribution in [0.3, 0.4) is 0 Å². The van der Waals surface area contributed by atoms with Crippen molar-refractivity contribution in [3.63, 3.8) is 0 Å². The summed E-state index contributed by atoms with van der Waals surface area (Å²) < 4.78 is 11.4. The predicted octanol–water partition coefficient (Wildman–Crippen LogP) is 5.16. The van der Waals surface area contributed by atoms with Gasteiger partial charge in [0.25, 0.3) is 0 Å². The van der Waals surface area contributed by atoms with E-state index in [1.54, 1.807) is 24.2 Å². The number of carbonyl (C=O) groups is 1. The van der Waals surface area contributed by atoms with E-state index in [2.05, 4.69) is 36.6 Å². The second-order valence-corrected chi connectivity index (χ2v) is 8.37. The number of amides is 1. The molecule has 1 N–H and O–H groups in total. The highest BCUT2D eigenvalue weighted by Gasteiger charge is 2.29. The van der Waals surface area contributed by atoms with Crippen molar-refractivity contribution in [1.82, 2.24) is 15.2 Å². The van der Waals surface area contributed by atoms with Crippen LogP contribution in [-0.4, -0.2) is 54.6 Å². The number of allylic oxidation sites excluding steroid dienone is 7. The second kappa shape index (κ2) is 15.4. The van der Waals surface area contributed by atoms with Crippen molar-refractivity contribution in [2.24, 2.45) is 5.10 Å². The molecule has 190 valence electrons. The molecule has 2 heterocycles. The molecule has 0 bridgehead atoms. The Kier molecular flexibility index (Phi) is 12.2. The fourth-order valence-electron chi connectivity index (χ4n) is 3.57. The quantitative estimate of drug-likeness (QED) is 0.237. The smallest absolute Gasteiger partial charge is 0.321 e. The monoisotopic (exact) mass is 480 g/mol. The molecule has 2 aliphatic rings. The zero-order chi connectivity index (χ0) is 25.5. The van der Waals surface area contributed by atoms with E-state index in [0.29, 0.717) is 24.7 Å². The lowest BCUT2D eigenvalue weighted by Gasteiger charge is -2.31. The molecule has 0 saturated carbocycles. The van der Waals surface area contributed by atoms with Gasteiger partial charge in [-0.2, -0.15) is 0 Å². The fourth-order valence-corrected chi connectivity index (χ4v) is 3.57. The number of hydrogen-bond donors (Lipinski definition) is 1. The maximum absolute atomic E-state index is 12.8. The van der Waals surface area contributed by atoms with Gasteiger partial charge in [-0.05, 0) is 63.1 Å². The first-order valence-electron chi connectivity index (χ1n) is 12.2. The van der Waals surface area contributed by atoms with Gasteiger partial charge >= 0.3 is 6.02 Å². The Labute approximate surface area is 210 Å². The van der Waals surface area contributed by atoms with E-state index in [4.69, 9.17) is 9.47 Å². The summed E-state index contributed by atoms with van der Waals surface area (Å²) in [6, 6.07) is 0.431. The average molecular weight is 481 g/mol. The summed E-state index contributed by atoms with van der Waals surface area (Å²) in [6.07, 6.45) is 21.4. The Bertz CT molecular complexity index is 905. The summed E-state index contributed by atoms with van der Waals surface area (Å²) in [4.78, 5) is 14.4. The lowest BCUT2D eigenvalue weighted by Crippen LogP contribution is -2.44. The number of hydrogen-bond acceptors (Lipinski definition) is 6. The van der Waals surface area contributed by atoms with Gasteiger partial charge in [0.2, 0.25) is 5.91 Å². The topological polar surface area (TPSA) is 66.4 Å². The number of nitrogens with zero attached hydrogens (tertiary/aromatic N) is 3. The minimum absolute atomic E-state index is 0.0438. The van der Waals surface area contributed by atoms with Crippen molar-refractivity contribution in [2.45, 2.75) is 52.0 Å². The van der Waals surface area contributed by atoms with E-state index in [1.165, 1.54) is 6.42 Å². The Balaban J connectivity index is 2.05. The van der Waals surface area contributed by atoms with Crippen molar-refractivity contribution in [1.29, 1.82) is 0 Å². The van der Waals surface area contributed by atoms with E-state index >= 15 is 0 Å². The predicted molar refractivity (Wildman–Crippen MR) is 143 cm³/mol. The summed E-state index contributed by atoms with van der Waals surface area (Å²) in [5, 5.41) is 9.94. The summed E-state index contributed by atoms with van der Waals surface area (Å²) in [7, 11) is 1.65. The van der Waals surface area contributed by atoms with Crippen molar-refractivity contribution < 1.29 is 14.3 Å². The summed E-state index contributed by atoms with van der Waals surface area (Å²) >= 11 is 0. The largest absolute Gasteiger partial charge is 0.501 e. The number of hydrazone groups is 1. The molecule has 35 heavy (non-hydrogen) atoms. The van der Waals surface area contributed by atoms with Crippen LogP contribution in [0.1, 0.15) is 46.0 Å². The Morgan fingerprint density at radius 1 is 1.26 bits per heavy atom. The normalized spacial score (nSPS) is 21.1. The number of carbonyl (C=O) groups excluding carboxylic acids is 1. The highest BCUT2D eigenvalue weighted by Crippen LogP contribution is 2.21. The van der Waals surface area contributed by atoms with Gasteiger partial charge in [0.1, 0.15) is 5.76 Å². The maximum atomic E-state index is 12.8. The van der Waals surface area contributed by atoms with E-state index in [1.807, 2.05) is 48.5 Å². The molecule has 1 amide bonds. The first-order valence-corrected chi connectivity index (χ1v) is 12.2. The van der Waals surface area contributed by atoms with Crippen LogP contribution in [0.4, 0.5) is 0 Å². The number of ether oxygens (including phenoxy) is 2. The molecule has 0 spiro atoms. The molecule has 0 radical (unpaired) electrons. The van der Waals surface area contributed by atoms with Crippen LogP contribution >= 0.6 is 0 Å². The van der Waals surface area contributed by atoms with Crippen molar-refractivity contribution in [3.05, 3.63) is 85.1 Å². The van der Waals surface area contributed by atoms with Crippen molar-refractivity contribution >= 4 is 11.9 Å². The van der Waals surface area contributed by atoms with Crippen molar-refractivity contribution in [2.75, 3.05) is 26.7 Å². The minimum Gasteiger partial charge on any atom is -0.501 e. The molecule has 2 aliphatic heterocycles. The highest BCUT2D eigenvalue weighted by molar-refractivity contribution is 5.98. The van der Waals surface area contributed by atoms with E-state index in [9.17, 15) is 4.79 Å². The molecule has 1 atom stereocenters. The van der Waals surface area contributed by atoms with Crippen LogP contribution in [0.15, 0.2) is 90.2 Å².